The molecule has 0 aliphatic rings. The molecule has 0 aliphatic heterocycles. The largest absolute Gasteiger partial charge is 0.477 e. The minimum absolute atomic E-state index is 0.0748. The second kappa shape index (κ2) is 4.50. The van der Waals surface area contributed by atoms with Gasteiger partial charge in [0.2, 0.25) is 10.0 Å². The Hall–Kier alpha value is -1.60. The van der Waals surface area contributed by atoms with Gasteiger partial charge in [0.05, 0.1) is 0 Å². The molecule has 0 aliphatic carbocycles. The number of nitrogens with one attached hydrogen (secondary N) is 1. The van der Waals surface area contributed by atoms with Crippen LogP contribution in [0.15, 0.2) is 29.8 Å². The Labute approximate surface area is 93.3 Å². The van der Waals surface area contributed by atoms with Crippen molar-refractivity contribution in [3.05, 3.63) is 30.6 Å². The van der Waals surface area contributed by atoms with Crippen molar-refractivity contribution in [2.75, 3.05) is 13.6 Å². The number of likely N-dealkylation sites (N-methyl/N-ethyl adjacent to an activating group) is 1. The van der Waals surface area contributed by atoms with Crippen LogP contribution in [0.25, 0.3) is 0 Å². The molecule has 7 heteroatoms. The van der Waals surface area contributed by atoms with E-state index in [9.17, 15) is 13.2 Å². The van der Waals surface area contributed by atoms with E-state index >= 15 is 0 Å². The number of hydrogen-bond donors (Lipinski definition) is 2. The molecule has 0 bridgehead atoms. The van der Waals surface area contributed by atoms with E-state index in [2.05, 4.69) is 11.6 Å². The molecule has 1 rings (SSSR count). The minimum Gasteiger partial charge on any atom is -0.477 e. The van der Waals surface area contributed by atoms with Gasteiger partial charge in [0.15, 0.2) is 0 Å². The van der Waals surface area contributed by atoms with E-state index < -0.39 is 16.0 Å². The average molecular weight is 244 g/mol. The van der Waals surface area contributed by atoms with Crippen molar-refractivity contribution in [3.63, 3.8) is 0 Å². The molecule has 0 fully saturated rings. The van der Waals surface area contributed by atoms with Crippen molar-refractivity contribution in [1.29, 1.82) is 0 Å². The van der Waals surface area contributed by atoms with Gasteiger partial charge in [0, 0.05) is 19.8 Å². The maximum absolute atomic E-state index is 11.8. The monoisotopic (exact) mass is 244 g/mol. The van der Waals surface area contributed by atoms with Crippen LogP contribution in [0.5, 0.6) is 0 Å². The van der Waals surface area contributed by atoms with E-state index in [1.807, 2.05) is 0 Å². The van der Waals surface area contributed by atoms with Crippen molar-refractivity contribution >= 4 is 16.0 Å². The highest BCUT2D eigenvalue weighted by molar-refractivity contribution is 7.89. The first-order valence-electron chi connectivity index (χ1n) is 4.38. The van der Waals surface area contributed by atoms with Gasteiger partial charge in [-0.05, 0) is 6.07 Å². The molecule has 88 valence electrons. The van der Waals surface area contributed by atoms with Crippen molar-refractivity contribution < 1.29 is 18.3 Å². The summed E-state index contributed by atoms with van der Waals surface area (Å²) in [6, 6.07) is 1.08. The lowest BCUT2D eigenvalue weighted by atomic mass is 10.4. The van der Waals surface area contributed by atoms with E-state index in [0.717, 1.165) is 16.6 Å². The van der Waals surface area contributed by atoms with Crippen LogP contribution in [-0.2, 0) is 10.0 Å². The van der Waals surface area contributed by atoms with Crippen LogP contribution < -0.4 is 0 Å². The number of aromatic amines is 1. The number of rotatable bonds is 5. The average Bonchev–Trinajstić information content (AvgIpc) is 2.67. The molecule has 0 saturated carbocycles. The summed E-state index contributed by atoms with van der Waals surface area (Å²) >= 11 is 0. The van der Waals surface area contributed by atoms with Crippen molar-refractivity contribution in [2.45, 2.75) is 4.90 Å². The zero-order valence-corrected chi connectivity index (χ0v) is 9.49. The molecule has 6 nitrogen and oxygen atoms in total. The first kappa shape index (κ1) is 12.5. The summed E-state index contributed by atoms with van der Waals surface area (Å²) in [6.45, 7) is 3.60. The topological polar surface area (TPSA) is 90.5 Å². The van der Waals surface area contributed by atoms with E-state index in [1.54, 1.807) is 0 Å². The lowest BCUT2D eigenvalue weighted by Gasteiger charge is -2.13. The highest BCUT2D eigenvalue weighted by Gasteiger charge is 2.22. The molecule has 0 amide bonds. The van der Waals surface area contributed by atoms with Crippen LogP contribution in [0.3, 0.4) is 0 Å². The number of carboxylic acids is 1. The zero-order valence-electron chi connectivity index (χ0n) is 8.67. The Bertz CT molecular complexity index is 503. The summed E-state index contributed by atoms with van der Waals surface area (Å²) in [5, 5.41) is 8.65. The van der Waals surface area contributed by atoms with Crippen molar-refractivity contribution in [2.24, 2.45) is 0 Å². The van der Waals surface area contributed by atoms with Gasteiger partial charge in [-0.25, -0.2) is 13.2 Å². The van der Waals surface area contributed by atoms with Gasteiger partial charge < -0.3 is 10.1 Å². The highest BCUT2D eigenvalue weighted by Crippen LogP contribution is 2.15. The van der Waals surface area contributed by atoms with Crippen molar-refractivity contribution in [3.8, 4) is 0 Å². The third-order valence-electron chi connectivity index (χ3n) is 1.98. The number of aromatic nitrogens is 1. The van der Waals surface area contributed by atoms with Gasteiger partial charge in [-0.15, -0.1) is 6.58 Å². The Kier molecular flexibility index (Phi) is 3.51. The lowest BCUT2D eigenvalue weighted by Crippen LogP contribution is -2.26. The SMILES string of the molecule is C=CCN(C)S(=O)(=O)c1c[nH]c(C(=O)O)c1. The predicted molar refractivity (Wildman–Crippen MR) is 57.8 cm³/mol. The standard InChI is InChI=1S/C9H12N2O4S/c1-3-4-11(2)16(14,15)7-5-8(9(12)13)10-6-7/h3,5-6,10H,1,4H2,2H3,(H,12,13). The Morgan fingerprint density at radius 1 is 1.69 bits per heavy atom. The van der Waals surface area contributed by atoms with Gasteiger partial charge in [0.25, 0.3) is 0 Å². The Morgan fingerprint density at radius 2 is 2.31 bits per heavy atom. The Balaban J connectivity index is 3.07. The normalized spacial score (nSPS) is 11.6. The smallest absolute Gasteiger partial charge is 0.352 e. The number of aromatic carboxylic acids is 1. The molecule has 0 radical (unpaired) electrons. The van der Waals surface area contributed by atoms with Gasteiger partial charge in [-0.2, -0.15) is 4.31 Å². The number of hydrogen-bond acceptors (Lipinski definition) is 3. The van der Waals surface area contributed by atoms with Crippen LogP contribution >= 0.6 is 0 Å². The summed E-state index contributed by atoms with van der Waals surface area (Å²) < 4.78 is 24.7. The number of sulfonamides is 1. The van der Waals surface area contributed by atoms with Crippen molar-refractivity contribution in [1.82, 2.24) is 9.29 Å². The number of carbonyl (C=O) groups is 1. The lowest BCUT2D eigenvalue weighted by molar-refractivity contribution is 0.0691. The molecular formula is C9H12N2O4S. The fourth-order valence-corrected chi connectivity index (χ4v) is 2.24. The molecular weight excluding hydrogens is 232 g/mol. The molecule has 2 N–H and O–H groups in total. The van der Waals surface area contributed by atoms with E-state index in [0.29, 0.717) is 0 Å². The van der Waals surface area contributed by atoms with E-state index in [1.165, 1.54) is 13.1 Å². The van der Waals surface area contributed by atoms with Crippen LogP contribution in [-0.4, -0.2) is 42.4 Å². The number of carboxylic acid groups (broad SMARTS) is 1. The predicted octanol–water partition coefficient (Wildman–Crippen LogP) is 0.519. The second-order valence-corrected chi connectivity index (χ2v) is 5.17. The molecule has 0 saturated heterocycles. The zero-order chi connectivity index (χ0) is 12.3. The van der Waals surface area contributed by atoms with Gasteiger partial charge in [0.1, 0.15) is 10.6 Å². The molecule has 1 aromatic heterocycles. The summed E-state index contributed by atoms with van der Waals surface area (Å²) in [5.41, 5.74) is -0.162. The quantitative estimate of drug-likeness (QED) is 0.739. The maximum atomic E-state index is 11.8. The fourth-order valence-electron chi connectivity index (χ4n) is 1.11. The molecule has 1 heterocycles. The number of nitrogens with zero attached hydrogens (tertiary/aromatic N) is 1. The summed E-state index contributed by atoms with van der Waals surface area (Å²) in [6.07, 6.45) is 2.60. The third-order valence-corrected chi connectivity index (χ3v) is 3.78. The van der Waals surface area contributed by atoms with E-state index in [4.69, 9.17) is 5.11 Å². The molecule has 0 aromatic carbocycles. The molecule has 0 spiro atoms. The van der Waals surface area contributed by atoms with Gasteiger partial charge in [-0.3, -0.25) is 0 Å². The first-order chi connectivity index (χ1) is 7.39. The van der Waals surface area contributed by atoms with Crippen LogP contribution in [0.1, 0.15) is 10.5 Å². The minimum atomic E-state index is -3.65. The third kappa shape index (κ3) is 2.31. The van der Waals surface area contributed by atoms with Gasteiger partial charge >= 0.3 is 5.97 Å². The summed E-state index contributed by atoms with van der Waals surface area (Å²) in [4.78, 5) is 12.9. The van der Waals surface area contributed by atoms with Gasteiger partial charge in [-0.1, -0.05) is 6.08 Å². The molecule has 0 unspecified atom stereocenters. The van der Waals surface area contributed by atoms with Crippen LogP contribution in [0.4, 0.5) is 0 Å². The molecule has 16 heavy (non-hydrogen) atoms. The van der Waals surface area contributed by atoms with Crippen LogP contribution in [0.2, 0.25) is 0 Å². The first-order valence-corrected chi connectivity index (χ1v) is 5.82. The number of H-pyrrole nitrogens is 1. The molecule has 0 atom stereocenters. The second-order valence-electron chi connectivity index (χ2n) is 3.13. The van der Waals surface area contributed by atoms with Crippen LogP contribution in [0, 0.1) is 0 Å². The van der Waals surface area contributed by atoms with E-state index in [-0.39, 0.29) is 17.1 Å². The summed E-state index contributed by atoms with van der Waals surface area (Å²) in [5.74, 6) is -1.20. The maximum Gasteiger partial charge on any atom is 0.352 e. The molecule has 1 aromatic rings. The fraction of sp³-hybridized carbons (Fsp3) is 0.222. The Morgan fingerprint density at radius 3 is 2.75 bits per heavy atom. The highest BCUT2D eigenvalue weighted by atomic mass is 32.2. The summed E-state index contributed by atoms with van der Waals surface area (Å²) in [7, 11) is -2.25.